The number of aliphatic hydroxyl groups excluding tert-OH is 2. The fourth-order valence-electron chi connectivity index (χ4n) is 2.85. The van der Waals surface area contributed by atoms with Gasteiger partial charge in [-0.25, -0.2) is 0 Å². The van der Waals surface area contributed by atoms with E-state index in [4.69, 9.17) is 0 Å². The second-order valence-electron chi connectivity index (χ2n) is 6.65. The zero-order valence-corrected chi connectivity index (χ0v) is 15.8. The summed E-state index contributed by atoms with van der Waals surface area (Å²) in [5, 5.41) is 19.1. The zero-order valence-electron chi connectivity index (χ0n) is 15.8. The number of hydrogen-bond acceptors (Lipinski definition) is 4. The van der Waals surface area contributed by atoms with Crippen molar-refractivity contribution in [3.8, 4) is 0 Å². The van der Waals surface area contributed by atoms with Gasteiger partial charge in [-0.15, -0.1) is 0 Å². The molecule has 0 bridgehead atoms. The average molecular weight is 356 g/mol. The smallest absolute Gasteiger partial charge is 0.216 e. The molecule has 0 aromatic carbocycles. The Morgan fingerprint density at radius 3 is 1.76 bits per heavy atom. The van der Waals surface area contributed by atoms with Crippen LogP contribution in [-0.2, 0) is 9.59 Å². The average Bonchev–Trinajstić information content (AvgIpc) is 2.63. The highest BCUT2D eigenvalue weighted by molar-refractivity contribution is 5.69. The summed E-state index contributed by atoms with van der Waals surface area (Å²) >= 11 is 0. The molecular formula is C20H37NO4. The zero-order chi connectivity index (χ0) is 18.8. The molecule has 0 saturated heterocycles. The van der Waals surface area contributed by atoms with Crippen molar-refractivity contribution in [2.24, 2.45) is 0 Å². The number of allylic oxidation sites excluding steroid dienone is 1. The molecule has 0 aliphatic rings. The Labute approximate surface area is 153 Å². The van der Waals surface area contributed by atoms with Crippen LogP contribution in [0.3, 0.4) is 0 Å². The third-order valence-corrected chi connectivity index (χ3v) is 4.52. The van der Waals surface area contributed by atoms with E-state index in [0.29, 0.717) is 12.8 Å². The van der Waals surface area contributed by atoms with Crippen molar-refractivity contribution in [1.29, 1.82) is 0 Å². The number of hydrogen-bond donors (Lipinski definition) is 2. The van der Waals surface area contributed by atoms with Crippen molar-refractivity contribution in [3.05, 3.63) is 12.2 Å². The Morgan fingerprint density at radius 2 is 1.32 bits per heavy atom. The monoisotopic (exact) mass is 355 g/mol. The molecular weight excluding hydrogens is 318 g/mol. The molecule has 0 aromatic heterocycles. The third-order valence-electron chi connectivity index (χ3n) is 4.52. The third kappa shape index (κ3) is 12.8. The summed E-state index contributed by atoms with van der Waals surface area (Å²) in [5.41, 5.74) is 0. The van der Waals surface area contributed by atoms with Crippen LogP contribution in [0.2, 0.25) is 0 Å². The number of carbonyl (C=O) groups excluding carboxylic acids is 2. The van der Waals surface area contributed by atoms with Crippen LogP contribution in [0.1, 0.15) is 84.0 Å². The summed E-state index contributed by atoms with van der Waals surface area (Å²) in [7, 11) is 0. The number of amides is 2. The van der Waals surface area contributed by atoms with Crippen molar-refractivity contribution in [2.45, 2.75) is 96.1 Å². The Morgan fingerprint density at radius 1 is 0.840 bits per heavy atom. The van der Waals surface area contributed by atoms with Crippen molar-refractivity contribution in [3.63, 3.8) is 0 Å². The van der Waals surface area contributed by atoms with Gasteiger partial charge < -0.3 is 10.2 Å². The maximum atomic E-state index is 10.7. The summed E-state index contributed by atoms with van der Waals surface area (Å²) in [6, 6.07) is -0.913. The number of aliphatic hydroxyl groups is 2. The van der Waals surface area contributed by atoms with Gasteiger partial charge in [-0.2, -0.15) is 0 Å². The number of rotatable bonds is 18. The molecule has 0 aliphatic carbocycles. The van der Waals surface area contributed by atoms with E-state index in [2.05, 4.69) is 6.92 Å². The molecule has 0 aliphatic heterocycles. The molecule has 0 unspecified atom stereocenters. The minimum absolute atomic E-state index is 0.314. The van der Waals surface area contributed by atoms with E-state index in [1.807, 2.05) is 6.08 Å². The van der Waals surface area contributed by atoms with E-state index in [-0.39, 0.29) is 0 Å². The predicted octanol–water partition coefficient (Wildman–Crippen LogP) is 3.58. The highest BCUT2D eigenvalue weighted by Gasteiger charge is 2.22. The molecule has 0 saturated carbocycles. The molecule has 0 aromatic rings. The highest BCUT2D eigenvalue weighted by Crippen LogP contribution is 2.12. The molecule has 2 amide bonds. The first-order valence-electron chi connectivity index (χ1n) is 9.84. The van der Waals surface area contributed by atoms with Gasteiger partial charge in [-0.05, 0) is 12.8 Å². The summed E-state index contributed by atoms with van der Waals surface area (Å²) in [4.78, 5) is 22.1. The van der Waals surface area contributed by atoms with Crippen LogP contribution in [0.5, 0.6) is 0 Å². The topological polar surface area (TPSA) is 77.8 Å². The van der Waals surface area contributed by atoms with Crippen LogP contribution in [0, 0.1) is 0 Å². The van der Waals surface area contributed by atoms with E-state index in [1.54, 1.807) is 6.08 Å². The molecule has 0 rings (SSSR count). The van der Waals surface area contributed by atoms with E-state index >= 15 is 0 Å². The predicted molar refractivity (Wildman–Crippen MR) is 101 cm³/mol. The van der Waals surface area contributed by atoms with Gasteiger partial charge in [0.1, 0.15) is 0 Å². The second kappa shape index (κ2) is 17.6. The number of unbranched alkanes of at least 4 members (excludes halogenated alkanes) is 11. The van der Waals surface area contributed by atoms with Gasteiger partial charge >= 0.3 is 0 Å². The van der Waals surface area contributed by atoms with Crippen molar-refractivity contribution in [1.82, 2.24) is 4.90 Å². The van der Waals surface area contributed by atoms with Crippen LogP contribution in [0.15, 0.2) is 12.2 Å². The van der Waals surface area contributed by atoms with Crippen LogP contribution >= 0.6 is 0 Å². The molecule has 5 heteroatoms. The van der Waals surface area contributed by atoms with Gasteiger partial charge in [0, 0.05) is 0 Å². The molecule has 2 atom stereocenters. The van der Waals surface area contributed by atoms with Crippen LogP contribution in [0.4, 0.5) is 0 Å². The fourth-order valence-corrected chi connectivity index (χ4v) is 2.85. The molecule has 146 valence electrons. The van der Waals surface area contributed by atoms with E-state index in [9.17, 15) is 19.8 Å². The largest absolute Gasteiger partial charge is 0.394 e. The Balaban J connectivity index is 3.62. The lowest BCUT2D eigenvalue weighted by Gasteiger charge is -2.23. The van der Waals surface area contributed by atoms with Crippen LogP contribution in [0.25, 0.3) is 0 Å². The minimum Gasteiger partial charge on any atom is -0.394 e. The minimum atomic E-state index is -1.03. The quantitative estimate of drug-likeness (QED) is 0.224. The van der Waals surface area contributed by atoms with Crippen molar-refractivity contribution >= 4 is 12.8 Å². The molecule has 5 nitrogen and oxygen atoms in total. The Hall–Kier alpha value is -1.20. The molecule has 0 heterocycles. The van der Waals surface area contributed by atoms with Gasteiger partial charge in [0.05, 0.1) is 18.8 Å². The standard InChI is InChI=1S/C20H37NO4/c1-2-3-4-5-6-7-8-9-10-11-12-13-14-15-20(25)19(16-22)21(17-23)18-24/h14-15,17-20,22,25H,2-13,16H2,1H3/t19-,20+/m0/s1. The number of nitrogens with zero attached hydrogens (tertiary/aromatic N) is 1. The lowest BCUT2D eigenvalue weighted by Crippen LogP contribution is -2.44. The van der Waals surface area contributed by atoms with Crippen LogP contribution in [-0.4, -0.2) is 46.7 Å². The lowest BCUT2D eigenvalue weighted by molar-refractivity contribution is -0.135. The second-order valence-corrected chi connectivity index (χ2v) is 6.65. The molecule has 25 heavy (non-hydrogen) atoms. The van der Waals surface area contributed by atoms with Gasteiger partial charge in [0.2, 0.25) is 12.8 Å². The van der Waals surface area contributed by atoms with Gasteiger partial charge in [0.25, 0.3) is 0 Å². The SMILES string of the molecule is CCCCCCCCCCCCCC=C[C@@H](O)[C@H](CO)N(C=O)C=O. The van der Waals surface area contributed by atoms with Gasteiger partial charge in [-0.3, -0.25) is 14.5 Å². The first-order chi connectivity index (χ1) is 12.2. The highest BCUT2D eigenvalue weighted by atomic mass is 16.3. The first kappa shape index (κ1) is 23.8. The molecule has 0 fully saturated rings. The maximum absolute atomic E-state index is 10.7. The Bertz CT molecular complexity index is 339. The molecule has 0 spiro atoms. The summed E-state index contributed by atoms with van der Waals surface area (Å²) in [6.07, 6.45) is 18.1. The van der Waals surface area contributed by atoms with Crippen LogP contribution < -0.4 is 0 Å². The first-order valence-corrected chi connectivity index (χ1v) is 9.84. The lowest BCUT2D eigenvalue weighted by atomic mass is 10.0. The molecule has 0 radical (unpaired) electrons. The van der Waals surface area contributed by atoms with Crippen molar-refractivity contribution < 1.29 is 19.8 Å². The fraction of sp³-hybridized carbons (Fsp3) is 0.800. The molecule has 2 N–H and O–H groups in total. The summed E-state index contributed by atoms with van der Waals surface area (Å²) < 4.78 is 0. The van der Waals surface area contributed by atoms with Crippen molar-refractivity contribution in [2.75, 3.05) is 6.61 Å². The van der Waals surface area contributed by atoms with E-state index in [1.165, 1.54) is 64.2 Å². The summed E-state index contributed by atoms with van der Waals surface area (Å²) in [5.74, 6) is 0. The van der Waals surface area contributed by atoms with E-state index in [0.717, 1.165) is 17.7 Å². The maximum Gasteiger partial charge on any atom is 0.216 e. The van der Waals surface area contributed by atoms with E-state index < -0.39 is 18.8 Å². The Kier molecular flexibility index (Phi) is 16.8. The summed E-state index contributed by atoms with van der Waals surface area (Å²) in [6.45, 7) is 1.79. The van der Waals surface area contributed by atoms with Gasteiger partial charge in [0.15, 0.2) is 0 Å². The van der Waals surface area contributed by atoms with Gasteiger partial charge in [-0.1, -0.05) is 83.3 Å². The normalized spacial score (nSPS) is 13.7. The number of carbonyl (C=O) groups is 2. The number of imide groups is 1.